The smallest absolute Gasteiger partial charge is 0.348 e. The van der Waals surface area contributed by atoms with Crippen molar-refractivity contribution in [2.24, 2.45) is 0 Å². The molecule has 0 aliphatic rings. The van der Waals surface area contributed by atoms with Crippen LogP contribution in [-0.4, -0.2) is 42.3 Å². The highest BCUT2D eigenvalue weighted by molar-refractivity contribution is 7.80. The zero-order chi connectivity index (χ0) is 20.8. The van der Waals surface area contributed by atoms with Crippen molar-refractivity contribution in [3.63, 3.8) is 0 Å². The average molecular weight is 422 g/mol. The van der Waals surface area contributed by atoms with Gasteiger partial charge >= 0.3 is 17.9 Å². The Hall–Kier alpha value is -2.98. The van der Waals surface area contributed by atoms with Crippen LogP contribution >= 0.6 is 23.6 Å². The fraction of sp³-hybridized carbons (Fsp3) is 0.222. The van der Waals surface area contributed by atoms with Crippen LogP contribution in [0.4, 0.5) is 10.7 Å². The summed E-state index contributed by atoms with van der Waals surface area (Å²) < 4.78 is 9.53. The molecule has 2 rings (SSSR count). The van der Waals surface area contributed by atoms with E-state index in [1.807, 2.05) is 0 Å². The van der Waals surface area contributed by atoms with Gasteiger partial charge in [0.2, 0.25) is 0 Å². The number of esters is 2. The molecule has 3 N–H and O–H groups in total. The van der Waals surface area contributed by atoms with E-state index in [9.17, 15) is 14.4 Å². The number of hydrogen-bond acceptors (Lipinski definition) is 7. The summed E-state index contributed by atoms with van der Waals surface area (Å²) in [6.45, 7) is 1.62. The van der Waals surface area contributed by atoms with E-state index in [0.717, 1.165) is 11.3 Å². The number of anilines is 2. The van der Waals surface area contributed by atoms with E-state index in [1.54, 1.807) is 31.2 Å². The van der Waals surface area contributed by atoms with Gasteiger partial charge in [-0.05, 0) is 42.4 Å². The minimum absolute atomic E-state index is 0.0732. The Morgan fingerprint density at radius 2 is 1.68 bits per heavy atom. The number of carbonyl (C=O) groups is 3. The zero-order valence-corrected chi connectivity index (χ0v) is 17.0. The second-order valence-corrected chi connectivity index (χ2v) is 7.02. The van der Waals surface area contributed by atoms with Crippen LogP contribution < -0.4 is 10.6 Å². The Kier molecular flexibility index (Phi) is 7.07. The van der Waals surface area contributed by atoms with Crippen LogP contribution in [0.25, 0.3) is 0 Å². The molecule has 0 atom stereocenters. The molecular weight excluding hydrogens is 404 g/mol. The molecule has 1 aromatic heterocycles. The van der Waals surface area contributed by atoms with Crippen molar-refractivity contribution in [2.75, 3.05) is 24.9 Å². The molecule has 8 nitrogen and oxygen atoms in total. The number of nitrogens with one attached hydrogen (secondary N) is 2. The molecular formula is C18H18N2O6S2. The van der Waals surface area contributed by atoms with Crippen molar-refractivity contribution in [1.82, 2.24) is 0 Å². The van der Waals surface area contributed by atoms with Gasteiger partial charge in [0.1, 0.15) is 9.88 Å². The molecule has 0 radical (unpaired) electrons. The molecule has 148 valence electrons. The van der Waals surface area contributed by atoms with E-state index in [2.05, 4.69) is 10.6 Å². The summed E-state index contributed by atoms with van der Waals surface area (Å²) in [5, 5.41) is 15.2. The molecule has 10 heteroatoms. The normalized spacial score (nSPS) is 10.1. The summed E-state index contributed by atoms with van der Waals surface area (Å²) in [5.74, 6) is -2.08. The number of carboxylic acid groups (broad SMARTS) is 1. The van der Waals surface area contributed by atoms with Crippen molar-refractivity contribution in [3.8, 4) is 0 Å². The molecule has 0 spiro atoms. The van der Waals surface area contributed by atoms with E-state index in [-0.39, 0.29) is 22.0 Å². The number of thiophene rings is 1. The summed E-state index contributed by atoms with van der Waals surface area (Å²) in [6, 6.07) is 6.72. The first-order valence-corrected chi connectivity index (χ1v) is 9.18. The summed E-state index contributed by atoms with van der Waals surface area (Å²) in [6.07, 6.45) is -0.0732. The second kappa shape index (κ2) is 9.29. The maximum absolute atomic E-state index is 12.1. The predicted octanol–water partition coefficient (Wildman–Crippen LogP) is 3.07. The molecule has 28 heavy (non-hydrogen) atoms. The number of carboxylic acids is 1. The van der Waals surface area contributed by atoms with Gasteiger partial charge in [-0.15, -0.1) is 11.3 Å². The SMILES string of the molecule is COC(=O)c1sc(NC(=S)Nc2ccc(CC(=O)O)cc2)c(C(=O)OC)c1C. The maximum atomic E-state index is 12.1. The van der Waals surface area contributed by atoms with Gasteiger partial charge < -0.3 is 25.2 Å². The van der Waals surface area contributed by atoms with Gasteiger partial charge in [0.05, 0.1) is 26.2 Å². The van der Waals surface area contributed by atoms with Gasteiger partial charge in [0, 0.05) is 5.69 Å². The van der Waals surface area contributed by atoms with Gasteiger partial charge in [-0.2, -0.15) is 0 Å². The number of methoxy groups -OCH3 is 2. The number of benzene rings is 1. The minimum Gasteiger partial charge on any atom is -0.481 e. The number of carbonyl (C=O) groups excluding carboxylic acids is 2. The van der Waals surface area contributed by atoms with Gasteiger partial charge in [-0.25, -0.2) is 9.59 Å². The lowest BCUT2D eigenvalue weighted by Gasteiger charge is -2.11. The average Bonchev–Trinajstić information content (AvgIpc) is 2.97. The summed E-state index contributed by atoms with van der Waals surface area (Å²) >= 11 is 6.30. The van der Waals surface area contributed by atoms with Gasteiger partial charge in [-0.1, -0.05) is 12.1 Å². The van der Waals surface area contributed by atoms with Crippen molar-refractivity contribution in [3.05, 3.63) is 45.8 Å². The Morgan fingerprint density at radius 3 is 2.21 bits per heavy atom. The molecule has 1 heterocycles. The van der Waals surface area contributed by atoms with E-state index >= 15 is 0 Å². The van der Waals surface area contributed by atoms with E-state index < -0.39 is 17.9 Å². The number of aliphatic carboxylic acids is 1. The third kappa shape index (κ3) is 5.05. The highest BCUT2D eigenvalue weighted by atomic mass is 32.1. The first-order chi connectivity index (χ1) is 13.3. The first kappa shape index (κ1) is 21.3. The van der Waals surface area contributed by atoms with Crippen LogP contribution in [0.3, 0.4) is 0 Å². The molecule has 0 bridgehead atoms. The van der Waals surface area contributed by atoms with Crippen LogP contribution in [-0.2, 0) is 20.7 Å². The molecule has 0 saturated carbocycles. The molecule has 2 aromatic rings. The molecule has 0 aliphatic carbocycles. The van der Waals surface area contributed by atoms with Crippen LogP contribution in [0.1, 0.15) is 31.2 Å². The fourth-order valence-electron chi connectivity index (χ4n) is 2.38. The molecule has 0 amide bonds. The minimum atomic E-state index is -0.914. The number of thiocarbonyl (C=S) groups is 1. The maximum Gasteiger partial charge on any atom is 0.348 e. The van der Waals surface area contributed by atoms with Crippen molar-refractivity contribution < 1.29 is 29.0 Å². The number of ether oxygens (including phenoxy) is 2. The monoisotopic (exact) mass is 422 g/mol. The number of rotatable bonds is 6. The van der Waals surface area contributed by atoms with E-state index in [1.165, 1.54) is 14.2 Å². The highest BCUT2D eigenvalue weighted by Gasteiger charge is 2.26. The summed E-state index contributed by atoms with van der Waals surface area (Å²) in [7, 11) is 2.50. The van der Waals surface area contributed by atoms with Crippen molar-refractivity contribution in [1.29, 1.82) is 0 Å². The molecule has 0 aliphatic heterocycles. The lowest BCUT2D eigenvalue weighted by molar-refractivity contribution is -0.136. The Balaban J connectivity index is 2.19. The summed E-state index contributed by atoms with van der Waals surface area (Å²) in [5.41, 5.74) is 1.93. The largest absolute Gasteiger partial charge is 0.481 e. The quantitative estimate of drug-likeness (QED) is 0.477. The van der Waals surface area contributed by atoms with E-state index in [4.69, 9.17) is 26.8 Å². The third-order valence-electron chi connectivity index (χ3n) is 3.70. The van der Waals surface area contributed by atoms with Crippen molar-refractivity contribution >= 4 is 57.3 Å². The first-order valence-electron chi connectivity index (χ1n) is 7.95. The lowest BCUT2D eigenvalue weighted by Crippen LogP contribution is -2.20. The van der Waals surface area contributed by atoms with Crippen molar-refractivity contribution in [2.45, 2.75) is 13.3 Å². The Bertz CT molecular complexity index is 921. The molecule has 1 aromatic carbocycles. The second-order valence-electron chi connectivity index (χ2n) is 5.59. The molecule has 0 unspecified atom stereocenters. The molecule has 0 fully saturated rings. The predicted molar refractivity (Wildman–Crippen MR) is 109 cm³/mol. The Morgan fingerprint density at radius 1 is 1.07 bits per heavy atom. The third-order valence-corrected chi connectivity index (χ3v) is 5.09. The number of hydrogen-bond donors (Lipinski definition) is 3. The van der Waals surface area contributed by atoms with Crippen LogP contribution in [0.5, 0.6) is 0 Å². The van der Waals surface area contributed by atoms with Crippen LogP contribution in [0.2, 0.25) is 0 Å². The summed E-state index contributed by atoms with van der Waals surface area (Å²) in [4.78, 5) is 35.0. The van der Waals surface area contributed by atoms with E-state index in [0.29, 0.717) is 21.8 Å². The van der Waals surface area contributed by atoms with Gasteiger partial charge in [0.15, 0.2) is 5.11 Å². The van der Waals surface area contributed by atoms with Crippen LogP contribution in [0, 0.1) is 6.92 Å². The van der Waals surface area contributed by atoms with Gasteiger partial charge in [0.25, 0.3) is 0 Å². The Labute approximate surface area is 170 Å². The lowest BCUT2D eigenvalue weighted by atomic mass is 10.1. The topological polar surface area (TPSA) is 114 Å². The fourth-order valence-corrected chi connectivity index (χ4v) is 3.78. The standard InChI is InChI=1S/C18H18N2O6S2/c1-9-13(16(23)25-2)15(28-14(9)17(24)26-3)20-18(27)19-11-6-4-10(5-7-11)8-12(21)22/h4-7H,8H2,1-3H3,(H,21,22)(H2,19,20,27). The van der Waals surface area contributed by atoms with Crippen LogP contribution in [0.15, 0.2) is 24.3 Å². The zero-order valence-electron chi connectivity index (χ0n) is 15.3. The highest BCUT2D eigenvalue weighted by Crippen LogP contribution is 2.34. The molecule has 0 saturated heterocycles. The van der Waals surface area contributed by atoms with Gasteiger partial charge in [-0.3, -0.25) is 4.79 Å².